The first-order valence-electron chi connectivity index (χ1n) is 41.7. The summed E-state index contributed by atoms with van der Waals surface area (Å²) in [4.78, 5) is 196. The number of hydrogen-bond donors (Lipinski definition) is 5. The summed E-state index contributed by atoms with van der Waals surface area (Å²) in [5.74, 6) is -5.64. The molecule has 648 valence electrons. The number of thioether (sulfide) groups is 1. The number of carbonyl (C=O) groups is 14. The van der Waals surface area contributed by atoms with Crippen LogP contribution in [-0.4, -0.2) is 231 Å². The number of unbranched alkanes of at least 4 members (excludes halogenated alkanes) is 3. The molecule has 1 aliphatic carbocycles. The Hall–Kier alpha value is -8.67. The predicted molar refractivity (Wildman–Crippen MR) is 446 cm³/mol. The molecule has 2 saturated heterocycles. The lowest BCUT2D eigenvalue weighted by Crippen LogP contribution is -2.54. The third-order valence-electron chi connectivity index (χ3n) is 23.4. The van der Waals surface area contributed by atoms with Crippen LogP contribution in [0.5, 0.6) is 5.75 Å². The van der Waals surface area contributed by atoms with Crippen LogP contribution in [0, 0.1) is 46.8 Å². The third kappa shape index (κ3) is 29.4. The van der Waals surface area contributed by atoms with Crippen molar-refractivity contribution in [1.82, 2.24) is 40.9 Å². The molecule has 3 aromatic carbocycles. The fourth-order valence-corrected chi connectivity index (χ4v) is 17.5. The number of nitrogens with zero attached hydrogens (tertiary/aromatic N) is 4. The zero-order valence-electron chi connectivity index (χ0n) is 71.8. The Morgan fingerprint density at radius 2 is 1.38 bits per heavy atom. The molecule has 6 rings (SSSR count). The van der Waals surface area contributed by atoms with Gasteiger partial charge in [-0.2, -0.15) is 0 Å². The monoisotopic (exact) mass is 1650 g/mol. The standard InChI is InChI=1S/C88H131N9O19S/c1-17-56(8)81(95(13)85(109)67(54(4)5)45-71(100)80(55(6)7)94(11)12)73(113-15)46-77(104)97-50-65(44-69(97)82(114-16)57(9)83(107)92-49-72(101)62-33-32-61-42-64(112-14)35-34-60(61)41-62)116-87(111)91-38-23-27-79(106)115-51-59-30-28-58(29-31-59)40-70(99)68(25-20-21-26-75(89)102)93-84(108)66(53(2)3)43-63(98)24-19-18-22-39-96-78(105)47-74(86(96)110)117-52-88(36-37-88)48-76(103)90-10/h28-35,41-42,53-57,65-69,73-74,80-82H,17-27,36-40,43-52H2,1-16H3,(H2,89,102)(H,90,103)(H,91,111)(H,92,107)(H,93,108)/t56-,57+,65-,66-,67-,68-,69-,73+,74?,80-,81-,82+/m0/s1. The number of amides is 9. The summed E-state index contributed by atoms with van der Waals surface area (Å²) in [5, 5.41) is 12.2. The van der Waals surface area contributed by atoms with E-state index in [9.17, 15) is 62.3 Å². The number of Topliss-reactive ketones (excluding diaryl/α,β-unsaturated/α-hetero) is 4. The maximum atomic E-state index is 15.1. The molecule has 117 heavy (non-hydrogen) atoms. The van der Waals surface area contributed by atoms with E-state index >= 15 is 4.79 Å². The number of benzene rings is 3. The maximum absolute atomic E-state index is 15.1. The van der Waals surface area contributed by atoms with E-state index in [0.717, 1.165) is 23.6 Å². The lowest BCUT2D eigenvalue weighted by atomic mass is 9.83. The van der Waals surface area contributed by atoms with Crippen molar-refractivity contribution in [3.05, 3.63) is 77.4 Å². The van der Waals surface area contributed by atoms with Gasteiger partial charge in [-0.25, -0.2) is 4.79 Å². The molecule has 9 amide bonds. The molecule has 12 atom stereocenters. The van der Waals surface area contributed by atoms with Crippen LogP contribution in [0.3, 0.4) is 0 Å². The minimum Gasteiger partial charge on any atom is -0.497 e. The van der Waals surface area contributed by atoms with Crippen molar-refractivity contribution in [3.8, 4) is 5.75 Å². The number of carbonyl (C=O) groups excluding carboxylic acids is 14. The fraction of sp³-hybridized carbons (Fsp3) is 0.659. The Morgan fingerprint density at radius 3 is 1.99 bits per heavy atom. The summed E-state index contributed by atoms with van der Waals surface area (Å²) in [5.41, 5.74) is 6.92. The van der Waals surface area contributed by atoms with E-state index < -0.39 is 101 Å². The minimum absolute atomic E-state index is 0.00461. The number of hydrogen-bond acceptors (Lipinski definition) is 21. The molecular formula is C88H131N9O19S. The van der Waals surface area contributed by atoms with E-state index in [1.165, 1.54) is 35.8 Å². The molecule has 3 aromatic rings. The number of likely N-dealkylation sites (N-methyl/N-ethyl adjacent to an activating group) is 2. The van der Waals surface area contributed by atoms with E-state index in [0.29, 0.717) is 73.1 Å². The molecule has 0 spiro atoms. The highest BCUT2D eigenvalue weighted by molar-refractivity contribution is 8.00. The summed E-state index contributed by atoms with van der Waals surface area (Å²) in [6.45, 7) is 16.7. The number of primary amides is 1. The molecular weight excluding hydrogens is 1520 g/mol. The van der Waals surface area contributed by atoms with Crippen LogP contribution < -0.4 is 31.7 Å². The fourth-order valence-electron chi connectivity index (χ4n) is 16.0. The lowest BCUT2D eigenvalue weighted by Gasteiger charge is -2.41. The van der Waals surface area contributed by atoms with E-state index in [1.54, 1.807) is 81.6 Å². The summed E-state index contributed by atoms with van der Waals surface area (Å²) in [6, 6.07) is 14.7. The van der Waals surface area contributed by atoms with Gasteiger partial charge in [0, 0.05) is 122 Å². The first-order valence-corrected chi connectivity index (χ1v) is 42.7. The summed E-state index contributed by atoms with van der Waals surface area (Å²) in [6.07, 6.45) is 2.13. The topological polar surface area (TPSA) is 372 Å². The third-order valence-corrected chi connectivity index (χ3v) is 24.9. The maximum Gasteiger partial charge on any atom is 0.407 e. The second-order valence-corrected chi connectivity index (χ2v) is 34.7. The average molecular weight is 1650 g/mol. The van der Waals surface area contributed by atoms with E-state index in [-0.39, 0.29) is 179 Å². The van der Waals surface area contributed by atoms with Crippen LogP contribution in [0.1, 0.15) is 206 Å². The number of fused-ring (bicyclic) bond motifs is 1. The van der Waals surface area contributed by atoms with Gasteiger partial charge in [0.2, 0.25) is 47.3 Å². The van der Waals surface area contributed by atoms with Crippen LogP contribution in [-0.2, 0) is 89.5 Å². The molecule has 0 aromatic heterocycles. The van der Waals surface area contributed by atoms with Gasteiger partial charge in [0.05, 0.1) is 74.2 Å². The normalized spacial score (nSPS) is 18.1. The molecule has 28 nitrogen and oxygen atoms in total. The molecule has 0 bridgehead atoms. The minimum atomic E-state index is -0.990. The van der Waals surface area contributed by atoms with E-state index in [2.05, 4.69) is 21.3 Å². The highest BCUT2D eigenvalue weighted by atomic mass is 32.2. The number of imide groups is 1. The van der Waals surface area contributed by atoms with Crippen LogP contribution in [0.25, 0.3) is 10.8 Å². The van der Waals surface area contributed by atoms with E-state index in [1.807, 2.05) is 86.5 Å². The molecule has 1 unspecified atom stereocenters. The van der Waals surface area contributed by atoms with Crippen molar-refractivity contribution in [1.29, 1.82) is 0 Å². The number of ether oxygens (including phenoxy) is 5. The van der Waals surface area contributed by atoms with Crippen LogP contribution >= 0.6 is 11.8 Å². The molecule has 2 heterocycles. The van der Waals surface area contributed by atoms with Crippen molar-refractivity contribution in [2.75, 3.05) is 81.5 Å². The number of methoxy groups -OCH3 is 3. The first-order chi connectivity index (χ1) is 55.5. The molecule has 3 fully saturated rings. The number of nitrogens with one attached hydrogen (secondary N) is 4. The van der Waals surface area contributed by atoms with Crippen molar-refractivity contribution in [2.24, 2.45) is 52.6 Å². The molecule has 2 aliphatic heterocycles. The number of rotatable bonds is 53. The Bertz CT molecular complexity index is 3900. The summed E-state index contributed by atoms with van der Waals surface area (Å²) in [7, 11) is 11.4. The number of ketones is 4. The van der Waals surface area contributed by atoms with Gasteiger partial charge in [-0.3, -0.25) is 72.1 Å². The molecule has 0 radical (unpaired) electrons. The molecule has 6 N–H and O–H groups in total. The van der Waals surface area contributed by atoms with Crippen molar-refractivity contribution >= 4 is 105 Å². The summed E-state index contributed by atoms with van der Waals surface area (Å²) < 4.78 is 29.2. The van der Waals surface area contributed by atoms with Gasteiger partial charge in [0.1, 0.15) is 24.2 Å². The average Bonchev–Trinajstić information content (AvgIpc) is 1.58. The Morgan fingerprint density at radius 1 is 0.709 bits per heavy atom. The molecule has 29 heteroatoms. The zero-order valence-corrected chi connectivity index (χ0v) is 72.7. The van der Waals surface area contributed by atoms with Crippen molar-refractivity contribution in [3.63, 3.8) is 0 Å². The Labute approximate surface area is 695 Å². The lowest BCUT2D eigenvalue weighted by molar-refractivity contribution is -0.149. The van der Waals surface area contributed by atoms with Gasteiger partial charge >= 0.3 is 12.1 Å². The number of likely N-dealkylation sites (tertiary alicyclic amines) is 2. The summed E-state index contributed by atoms with van der Waals surface area (Å²) >= 11 is 1.45. The zero-order chi connectivity index (χ0) is 86.5. The highest BCUT2D eigenvalue weighted by Gasteiger charge is 2.49. The highest BCUT2D eigenvalue weighted by Crippen LogP contribution is 2.52. The number of alkyl carbamates (subject to hydrolysis) is 1. The first kappa shape index (κ1) is 97.2. The van der Waals surface area contributed by atoms with Crippen LogP contribution in [0.15, 0.2) is 60.7 Å². The van der Waals surface area contributed by atoms with Crippen molar-refractivity contribution < 1.29 is 90.8 Å². The van der Waals surface area contributed by atoms with Gasteiger partial charge in [-0.15, -0.1) is 11.8 Å². The van der Waals surface area contributed by atoms with Gasteiger partial charge in [0.15, 0.2) is 17.3 Å². The quantitative estimate of drug-likeness (QED) is 0.0152. The van der Waals surface area contributed by atoms with Gasteiger partial charge in [0.25, 0.3) is 0 Å². The Kier molecular flexibility index (Phi) is 39.2. The SMILES string of the molecule is CC[C@H](C)[C@@H]([C@@H](CC(=O)N1C[C@@H](OC(=O)NCCCC(=O)OCc2ccc(CC(=O)[C@H](CCCCC(N)=O)NC(=O)[C@@H](CC(=O)CCCCCN3C(=O)CC(SCC4(CC(=O)NC)CC4)C3=O)C(C)C)cc2)C[C@H]1[C@H](OC)[C@@H](C)C(=O)NCC(=O)c1ccc2cc(OC)ccc2c1)OC)N(C)C(=O)[C@@H](CC(=O)[C@H](C(C)C)N(C)C)C(C)C. The Balaban J connectivity index is 1.02. The second kappa shape index (κ2) is 47.2. The van der Waals surface area contributed by atoms with Crippen LogP contribution in [0.2, 0.25) is 0 Å². The van der Waals surface area contributed by atoms with Crippen molar-refractivity contribution in [2.45, 2.75) is 245 Å². The predicted octanol–water partition coefficient (Wildman–Crippen LogP) is 9.32. The molecule has 3 aliphatic rings. The van der Waals surface area contributed by atoms with Gasteiger partial charge < -0.3 is 60.5 Å². The smallest absolute Gasteiger partial charge is 0.407 e. The van der Waals surface area contributed by atoms with Gasteiger partial charge in [-0.05, 0) is 128 Å². The van der Waals surface area contributed by atoms with Crippen LogP contribution in [0.4, 0.5) is 4.79 Å². The second-order valence-electron chi connectivity index (χ2n) is 33.5. The largest absolute Gasteiger partial charge is 0.497 e. The number of nitrogens with two attached hydrogens (primary N) is 1. The molecule has 1 saturated carbocycles. The van der Waals surface area contributed by atoms with Gasteiger partial charge in [-0.1, -0.05) is 124 Å². The van der Waals surface area contributed by atoms with E-state index in [4.69, 9.17) is 29.4 Å². The number of esters is 1.